The minimum Gasteiger partial charge on any atom is -0.294 e. The number of hydrogen-bond acceptors (Lipinski definition) is 5. The van der Waals surface area contributed by atoms with Crippen LogP contribution in [0.1, 0.15) is 46.0 Å². The fraction of sp³-hybridized carbons (Fsp3) is 0.750. The van der Waals surface area contributed by atoms with Crippen LogP contribution in [0.5, 0.6) is 0 Å². The van der Waals surface area contributed by atoms with E-state index < -0.39 is 0 Å². The summed E-state index contributed by atoms with van der Waals surface area (Å²) in [6.45, 7) is 4.30. The first-order valence-corrected chi connectivity index (χ1v) is 9.07. The number of carbonyl (C=O) groups excluding carboxylic acids is 2. The van der Waals surface area contributed by atoms with Crippen LogP contribution in [0.25, 0.3) is 0 Å². The second-order valence-corrected chi connectivity index (χ2v) is 6.88. The van der Waals surface area contributed by atoms with Gasteiger partial charge < -0.3 is 0 Å². The smallest absolute Gasteiger partial charge is 0.168 e. The Morgan fingerprint density at radius 1 is 1.24 bits per heavy atom. The van der Waals surface area contributed by atoms with E-state index >= 15 is 0 Å². The van der Waals surface area contributed by atoms with Crippen molar-refractivity contribution in [3.05, 3.63) is 11.3 Å². The summed E-state index contributed by atoms with van der Waals surface area (Å²) in [5.74, 6) is 3.08. The second kappa shape index (κ2) is 7.99. The summed E-state index contributed by atoms with van der Waals surface area (Å²) in [7, 11) is 0. The highest BCUT2D eigenvalue weighted by Gasteiger charge is 2.36. The zero-order valence-electron chi connectivity index (χ0n) is 12.9. The van der Waals surface area contributed by atoms with Crippen LogP contribution in [0.2, 0.25) is 0 Å². The lowest BCUT2D eigenvalue weighted by atomic mass is 9.75. The molecule has 1 saturated heterocycles. The SMILES string of the molecule is CCONC(CC)=C1C(=O)CC(C2CCCSC2)CC1=O. The number of carbonyl (C=O) groups is 2. The van der Waals surface area contributed by atoms with Gasteiger partial charge in [-0.25, -0.2) is 0 Å². The number of allylic oxidation sites excluding steroid dienone is 2. The van der Waals surface area contributed by atoms with Crippen molar-refractivity contribution in [3.63, 3.8) is 0 Å². The summed E-state index contributed by atoms with van der Waals surface area (Å²) in [4.78, 5) is 30.0. The number of thioether (sulfide) groups is 1. The zero-order valence-corrected chi connectivity index (χ0v) is 13.8. The van der Waals surface area contributed by atoms with Gasteiger partial charge >= 0.3 is 0 Å². The molecule has 2 fully saturated rings. The topological polar surface area (TPSA) is 55.4 Å². The maximum atomic E-state index is 12.4. The molecule has 1 aliphatic carbocycles. The molecule has 1 unspecified atom stereocenters. The Morgan fingerprint density at radius 3 is 2.48 bits per heavy atom. The molecule has 4 nitrogen and oxygen atoms in total. The molecule has 21 heavy (non-hydrogen) atoms. The third-order valence-corrected chi connectivity index (χ3v) is 5.55. The highest BCUT2D eigenvalue weighted by molar-refractivity contribution is 7.99. The van der Waals surface area contributed by atoms with Gasteiger partial charge in [0.15, 0.2) is 11.6 Å². The zero-order chi connectivity index (χ0) is 15.2. The van der Waals surface area contributed by atoms with Gasteiger partial charge in [0.05, 0.1) is 17.9 Å². The van der Waals surface area contributed by atoms with Gasteiger partial charge in [-0.05, 0) is 49.5 Å². The van der Waals surface area contributed by atoms with Crippen LogP contribution in [0.3, 0.4) is 0 Å². The number of rotatable bonds is 5. The van der Waals surface area contributed by atoms with Gasteiger partial charge in [0.1, 0.15) is 0 Å². The average Bonchev–Trinajstić information content (AvgIpc) is 2.50. The van der Waals surface area contributed by atoms with E-state index in [0.29, 0.717) is 43.1 Å². The Labute approximate surface area is 131 Å². The number of hydroxylamine groups is 1. The Balaban J connectivity index is 2.09. The Bertz CT molecular complexity index is 407. The fourth-order valence-corrected chi connectivity index (χ4v) is 4.45. The normalized spacial score (nSPS) is 26.9. The molecule has 1 heterocycles. The summed E-state index contributed by atoms with van der Waals surface area (Å²) in [6, 6.07) is 0. The number of nitrogens with one attached hydrogen (secondary N) is 1. The molecule has 0 aromatic carbocycles. The first kappa shape index (κ1) is 16.6. The molecule has 0 amide bonds. The van der Waals surface area contributed by atoms with E-state index in [1.54, 1.807) is 0 Å². The van der Waals surface area contributed by atoms with Crippen LogP contribution in [-0.2, 0) is 14.4 Å². The van der Waals surface area contributed by atoms with Crippen molar-refractivity contribution in [2.24, 2.45) is 11.8 Å². The lowest BCUT2D eigenvalue weighted by Crippen LogP contribution is -2.34. The summed E-state index contributed by atoms with van der Waals surface area (Å²) in [6.07, 6.45) is 4.02. The number of Topliss-reactive ketones (excluding diaryl/α,β-unsaturated/α-hetero) is 2. The fourth-order valence-electron chi connectivity index (χ4n) is 3.17. The molecule has 2 rings (SSSR count). The van der Waals surface area contributed by atoms with E-state index in [-0.39, 0.29) is 17.5 Å². The molecule has 1 saturated carbocycles. The van der Waals surface area contributed by atoms with Gasteiger partial charge in [0.25, 0.3) is 0 Å². The van der Waals surface area contributed by atoms with Gasteiger partial charge in [-0.2, -0.15) is 11.8 Å². The minimum absolute atomic E-state index is 0.00382. The van der Waals surface area contributed by atoms with Gasteiger partial charge in [-0.15, -0.1) is 0 Å². The Hall–Kier alpha value is -0.810. The summed E-state index contributed by atoms with van der Waals surface area (Å²) < 4.78 is 0. The first-order chi connectivity index (χ1) is 10.2. The summed E-state index contributed by atoms with van der Waals surface area (Å²) in [5, 5.41) is 0. The van der Waals surface area contributed by atoms with Crippen molar-refractivity contribution < 1.29 is 14.4 Å². The van der Waals surface area contributed by atoms with E-state index in [1.165, 1.54) is 12.2 Å². The van der Waals surface area contributed by atoms with E-state index in [2.05, 4.69) is 5.48 Å². The van der Waals surface area contributed by atoms with E-state index in [4.69, 9.17) is 4.84 Å². The van der Waals surface area contributed by atoms with Crippen LogP contribution in [0, 0.1) is 11.8 Å². The van der Waals surface area contributed by atoms with Crippen molar-refractivity contribution in [2.45, 2.75) is 46.0 Å². The molecule has 1 atom stereocenters. The lowest BCUT2D eigenvalue weighted by molar-refractivity contribution is -0.126. The maximum absolute atomic E-state index is 12.4. The Kier molecular flexibility index (Phi) is 6.30. The molecule has 0 radical (unpaired) electrons. The highest BCUT2D eigenvalue weighted by Crippen LogP contribution is 2.36. The Morgan fingerprint density at radius 2 is 1.95 bits per heavy atom. The summed E-state index contributed by atoms with van der Waals surface area (Å²) in [5.41, 5.74) is 3.77. The second-order valence-electron chi connectivity index (χ2n) is 5.73. The predicted octanol–water partition coefficient (Wildman–Crippen LogP) is 2.88. The monoisotopic (exact) mass is 311 g/mol. The molecular weight excluding hydrogens is 286 g/mol. The van der Waals surface area contributed by atoms with Crippen LogP contribution >= 0.6 is 11.8 Å². The van der Waals surface area contributed by atoms with Gasteiger partial charge in [-0.3, -0.25) is 19.9 Å². The predicted molar refractivity (Wildman–Crippen MR) is 84.9 cm³/mol. The summed E-state index contributed by atoms with van der Waals surface area (Å²) >= 11 is 1.95. The van der Waals surface area contributed by atoms with Gasteiger partial charge in [0, 0.05) is 12.8 Å². The number of ketones is 2. The standard InChI is InChI=1S/C16H25NO3S/c1-3-13(17-20-4-2)16-14(18)8-12(9-15(16)19)11-6-5-7-21-10-11/h11-12,17H,3-10H2,1-2H3. The minimum atomic E-state index is -0.00382. The van der Waals surface area contributed by atoms with Crippen molar-refractivity contribution in [2.75, 3.05) is 18.1 Å². The molecule has 0 spiro atoms. The van der Waals surface area contributed by atoms with Crippen LogP contribution in [-0.4, -0.2) is 29.7 Å². The van der Waals surface area contributed by atoms with E-state index in [1.807, 2.05) is 25.6 Å². The van der Waals surface area contributed by atoms with Crippen molar-refractivity contribution in [3.8, 4) is 0 Å². The highest BCUT2D eigenvalue weighted by atomic mass is 32.2. The lowest BCUT2D eigenvalue weighted by Gasteiger charge is -2.32. The number of hydrogen-bond donors (Lipinski definition) is 1. The third-order valence-electron chi connectivity index (χ3n) is 4.31. The van der Waals surface area contributed by atoms with E-state index in [0.717, 1.165) is 12.2 Å². The maximum Gasteiger partial charge on any atom is 0.168 e. The molecule has 0 bridgehead atoms. The van der Waals surface area contributed by atoms with Crippen LogP contribution < -0.4 is 5.48 Å². The largest absolute Gasteiger partial charge is 0.294 e. The quantitative estimate of drug-likeness (QED) is 0.481. The molecule has 0 aromatic heterocycles. The molecule has 1 aliphatic heterocycles. The first-order valence-electron chi connectivity index (χ1n) is 7.92. The van der Waals surface area contributed by atoms with Crippen molar-refractivity contribution >= 4 is 23.3 Å². The molecule has 0 aromatic rings. The molecule has 2 aliphatic rings. The van der Waals surface area contributed by atoms with Gasteiger partial charge in [0.2, 0.25) is 0 Å². The average molecular weight is 311 g/mol. The third kappa shape index (κ3) is 4.10. The molecular formula is C16H25NO3S. The van der Waals surface area contributed by atoms with E-state index in [9.17, 15) is 9.59 Å². The van der Waals surface area contributed by atoms with Crippen molar-refractivity contribution in [1.29, 1.82) is 0 Å². The van der Waals surface area contributed by atoms with Crippen molar-refractivity contribution in [1.82, 2.24) is 5.48 Å². The molecule has 5 heteroatoms. The van der Waals surface area contributed by atoms with Crippen LogP contribution in [0.4, 0.5) is 0 Å². The molecule has 1 N–H and O–H groups in total. The van der Waals surface area contributed by atoms with Gasteiger partial charge in [-0.1, -0.05) is 6.92 Å². The van der Waals surface area contributed by atoms with Crippen LogP contribution in [0.15, 0.2) is 11.3 Å². The molecule has 118 valence electrons.